The van der Waals surface area contributed by atoms with Crippen LogP contribution in [0.5, 0.6) is 0 Å². The molecule has 0 saturated carbocycles. The molecule has 134 valence electrons. The van der Waals surface area contributed by atoms with Crippen molar-refractivity contribution in [1.82, 2.24) is 20.3 Å². The Balaban J connectivity index is 0.00000484. The molecule has 3 N–H and O–H groups in total. The fourth-order valence-electron chi connectivity index (χ4n) is 1.65. The Morgan fingerprint density at radius 2 is 2.00 bits per heavy atom. The maximum Gasteiger partial charge on any atom is 0.211 e. The Morgan fingerprint density at radius 1 is 1.30 bits per heavy atom. The smallest absolute Gasteiger partial charge is 0.211 e. The lowest BCUT2D eigenvalue weighted by molar-refractivity contribution is 0.579. The summed E-state index contributed by atoms with van der Waals surface area (Å²) in [5.74, 6) is 0.825. The van der Waals surface area contributed by atoms with Crippen LogP contribution in [0.1, 0.15) is 23.2 Å². The van der Waals surface area contributed by atoms with Gasteiger partial charge < -0.3 is 10.6 Å². The van der Waals surface area contributed by atoms with E-state index in [0.29, 0.717) is 25.5 Å². The number of thiazole rings is 1. The topological polar surface area (TPSA) is 95.5 Å². The molecular weight excluding hydrogens is 449 g/mol. The summed E-state index contributed by atoms with van der Waals surface area (Å²) in [7, 11) is -1.39. The van der Waals surface area contributed by atoms with Crippen LogP contribution in [-0.4, -0.2) is 51.8 Å². The monoisotopic (exact) mass is 475 g/mol. The lowest BCUT2D eigenvalue weighted by Gasteiger charge is -2.11. The molecule has 1 aromatic rings. The molecule has 0 aliphatic heterocycles. The van der Waals surface area contributed by atoms with Crippen molar-refractivity contribution in [1.29, 1.82) is 0 Å². The third-order valence-electron chi connectivity index (χ3n) is 2.87. The number of aryl methyl sites for hydroxylation is 1. The largest absolute Gasteiger partial charge is 0.356 e. The molecule has 10 heteroatoms. The van der Waals surface area contributed by atoms with Crippen LogP contribution in [0.4, 0.5) is 0 Å². The number of nitrogens with one attached hydrogen (secondary N) is 3. The second kappa shape index (κ2) is 12.0. The number of aliphatic imine (C=N–C) groups is 1. The van der Waals surface area contributed by atoms with Gasteiger partial charge in [-0.25, -0.2) is 18.1 Å². The van der Waals surface area contributed by atoms with Gasteiger partial charge in [0.25, 0.3) is 0 Å². The standard InChI is InChI=1S/C13H25N5O2S2.HI/c1-4-22(19,20)18-8-5-7-15-13(14-3)16-9-6-12-17-10-11(2)21-12;/h10,18H,4-9H2,1-3H3,(H2,14,15,16);1H. The first-order chi connectivity index (χ1) is 10.5. The summed E-state index contributed by atoms with van der Waals surface area (Å²) in [6, 6.07) is 0. The van der Waals surface area contributed by atoms with Gasteiger partial charge in [-0.3, -0.25) is 4.99 Å². The minimum atomic E-state index is -3.10. The van der Waals surface area contributed by atoms with Gasteiger partial charge in [0.2, 0.25) is 10.0 Å². The van der Waals surface area contributed by atoms with E-state index in [1.165, 1.54) is 4.88 Å². The highest BCUT2D eigenvalue weighted by atomic mass is 127. The molecule has 0 bridgehead atoms. The predicted molar refractivity (Wildman–Crippen MR) is 107 cm³/mol. The van der Waals surface area contributed by atoms with E-state index in [-0.39, 0.29) is 29.7 Å². The van der Waals surface area contributed by atoms with Crippen molar-refractivity contribution in [3.05, 3.63) is 16.1 Å². The summed E-state index contributed by atoms with van der Waals surface area (Å²) < 4.78 is 25.0. The Kier molecular flexibility index (Phi) is 11.7. The van der Waals surface area contributed by atoms with Gasteiger partial charge in [0.1, 0.15) is 0 Å². The van der Waals surface area contributed by atoms with E-state index in [2.05, 4.69) is 25.3 Å². The van der Waals surface area contributed by atoms with Crippen LogP contribution in [0, 0.1) is 6.92 Å². The molecule has 0 fully saturated rings. The van der Waals surface area contributed by atoms with E-state index in [4.69, 9.17) is 0 Å². The fraction of sp³-hybridized carbons (Fsp3) is 0.692. The van der Waals surface area contributed by atoms with Crippen molar-refractivity contribution in [2.24, 2.45) is 4.99 Å². The molecule has 0 unspecified atom stereocenters. The summed E-state index contributed by atoms with van der Waals surface area (Å²) >= 11 is 1.70. The number of halogens is 1. The Morgan fingerprint density at radius 3 is 2.57 bits per heavy atom. The third-order valence-corrected chi connectivity index (χ3v) is 5.25. The Labute approximate surface area is 159 Å². The van der Waals surface area contributed by atoms with Crippen molar-refractivity contribution in [3.63, 3.8) is 0 Å². The number of nitrogens with zero attached hydrogens (tertiary/aromatic N) is 2. The summed E-state index contributed by atoms with van der Waals surface area (Å²) in [5, 5.41) is 7.47. The van der Waals surface area contributed by atoms with Gasteiger partial charge >= 0.3 is 0 Å². The Hall–Kier alpha value is -0.460. The average molecular weight is 475 g/mol. The molecule has 1 aromatic heterocycles. The number of hydrogen-bond acceptors (Lipinski definition) is 5. The molecule has 0 radical (unpaired) electrons. The highest BCUT2D eigenvalue weighted by molar-refractivity contribution is 14.0. The van der Waals surface area contributed by atoms with Crippen molar-refractivity contribution >= 4 is 51.3 Å². The molecule has 0 aliphatic carbocycles. The van der Waals surface area contributed by atoms with E-state index in [1.54, 1.807) is 25.3 Å². The van der Waals surface area contributed by atoms with Crippen LogP contribution in [0.15, 0.2) is 11.2 Å². The van der Waals surface area contributed by atoms with Gasteiger partial charge in [0.15, 0.2) is 5.96 Å². The zero-order valence-electron chi connectivity index (χ0n) is 13.8. The molecule has 1 heterocycles. The second-order valence-electron chi connectivity index (χ2n) is 4.69. The molecule has 0 amide bonds. The van der Waals surface area contributed by atoms with E-state index >= 15 is 0 Å². The highest BCUT2D eigenvalue weighted by Gasteiger charge is 2.04. The van der Waals surface area contributed by atoms with Crippen LogP contribution in [-0.2, 0) is 16.4 Å². The Bertz CT molecular complexity index is 575. The first-order valence-corrected chi connectivity index (χ1v) is 9.77. The van der Waals surface area contributed by atoms with E-state index in [0.717, 1.165) is 18.0 Å². The predicted octanol–water partition coefficient (Wildman–Crippen LogP) is 1.11. The zero-order valence-corrected chi connectivity index (χ0v) is 17.7. The average Bonchev–Trinajstić information content (AvgIpc) is 2.90. The van der Waals surface area contributed by atoms with E-state index in [1.807, 2.05) is 13.1 Å². The molecule has 0 atom stereocenters. The van der Waals surface area contributed by atoms with Crippen LogP contribution in [0.3, 0.4) is 0 Å². The number of guanidine groups is 1. The van der Waals surface area contributed by atoms with E-state index < -0.39 is 10.0 Å². The van der Waals surface area contributed by atoms with Crippen molar-refractivity contribution < 1.29 is 8.42 Å². The molecule has 23 heavy (non-hydrogen) atoms. The van der Waals surface area contributed by atoms with Crippen molar-refractivity contribution in [3.8, 4) is 0 Å². The van der Waals surface area contributed by atoms with Gasteiger partial charge in [0.05, 0.1) is 10.8 Å². The normalized spacial score (nSPS) is 11.9. The third kappa shape index (κ3) is 10.1. The lowest BCUT2D eigenvalue weighted by atomic mass is 10.4. The van der Waals surface area contributed by atoms with Crippen molar-refractivity contribution in [2.45, 2.75) is 26.7 Å². The molecule has 1 rings (SSSR count). The van der Waals surface area contributed by atoms with E-state index in [9.17, 15) is 8.42 Å². The molecule has 0 spiro atoms. The number of sulfonamides is 1. The fourth-order valence-corrected chi connectivity index (χ4v) is 3.10. The minimum Gasteiger partial charge on any atom is -0.356 e. The summed E-state index contributed by atoms with van der Waals surface area (Å²) in [6.45, 7) is 5.51. The summed E-state index contributed by atoms with van der Waals surface area (Å²) in [5.41, 5.74) is 0. The lowest BCUT2D eigenvalue weighted by Crippen LogP contribution is -2.39. The molecular formula is C13H26IN5O2S2. The number of aromatic nitrogens is 1. The van der Waals surface area contributed by atoms with Gasteiger partial charge in [-0.15, -0.1) is 35.3 Å². The quantitative estimate of drug-likeness (QED) is 0.215. The molecule has 7 nitrogen and oxygen atoms in total. The van der Waals surface area contributed by atoms with Crippen LogP contribution in [0.25, 0.3) is 0 Å². The molecule has 0 saturated heterocycles. The van der Waals surface area contributed by atoms with Gasteiger partial charge in [-0.1, -0.05) is 0 Å². The van der Waals surface area contributed by atoms with Crippen LogP contribution < -0.4 is 15.4 Å². The van der Waals surface area contributed by atoms with Gasteiger partial charge in [-0.2, -0.15) is 0 Å². The first kappa shape index (κ1) is 22.5. The number of rotatable bonds is 9. The summed E-state index contributed by atoms with van der Waals surface area (Å²) in [4.78, 5) is 9.65. The summed E-state index contributed by atoms with van der Waals surface area (Å²) in [6.07, 6.45) is 3.44. The van der Waals surface area contributed by atoms with Crippen LogP contribution >= 0.6 is 35.3 Å². The van der Waals surface area contributed by atoms with Gasteiger partial charge in [-0.05, 0) is 20.3 Å². The van der Waals surface area contributed by atoms with Crippen LogP contribution in [0.2, 0.25) is 0 Å². The highest BCUT2D eigenvalue weighted by Crippen LogP contribution is 2.10. The molecule has 0 aliphatic rings. The SMILES string of the molecule is CCS(=O)(=O)NCCCNC(=NC)NCCc1ncc(C)s1.I. The van der Waals surface area contributed by atoms with Gasteiger partial charge in [0, 0.05) is 44.2 Å². The first-order valence-electron chi connectivity index (χ1n) is 7.30. The number of hydrogen-bond donors (Lipinski definition) is 3. The minimum absolute atomic E-state index is 0. The van der Waals surface area contributed by atoms with Crippen molar-refractivity contribution in [2.75, 3.05) is 32.4 Å². The maximum atomic E-state index is 11.3. The molecule has 0 aromatic carbocycles. The maximum absolute atomic E-state index is 11.3. The zero-order chi connectivity index (χ0) is 16.4. The second-order valence-corrected chi connectivity index (χ2v) is 8.11.